The Balaban J connectivity index is 0.00000136. The number of aromatic nitrogens is 6. The van der Waals surface area contributed by atoms with Crippen molar-refractivity contribution >= 4 is 72.2 Å². The molecule has 0 aliphatic rings. The molecule has 161 valence electrons. The van der Waals surface area contributed by atoms with Crippen LogP contribution in [-0.4, -0.2) is 47.3 Å². The van der Waals surface area contributed by atoms with E-state index in [1.54, 1.807) is 12.1 Å². The molecule has 0 unspecified atom stereocenters. The van der Waals surface area contributed by atoms with E-state index < -0.39 is 0 Å². The number of hydrogen-bond acceptors (Lipinski definition) is 9. The molecule has 3 rings (SSSR count). The summed E-state index contributed by atoms with van der Waals surface area (Å²) in [4.78, 5) is 0. The summed E-state index contributed by atoms with van der Waals surface area (Å²) in [6.07, 6.45) is 2.87. The number of aromatic hydroxyl groups is 1. The molecule has 0 radical (unpaired) electrons. The summed E-state index contributed by atoms with van der Waals surface area (Å²) in [5, 5.41) is 31.8. The molecule has 0 fully saturated rings. The van der Waals surface area contributed by atoms with Crippen molar-refractivity contribution < 1.29 is 37.3 Å². The van der Waals surface area contributed by atoms with Gasteiger partial charge in [-0.25, -0.2) is 9.35 Å². The third-order valence-corrected chi connectivity index (χ3v) is 4.24. The SMILES string of the molecule is Cc1cc(/C=N/n2c([S-])n[nH]c2=S)c(O)c(/C=N/n2c([S-])n[nH]c2=S)c1.[Cl][Cu+].[Cu+]. The third-order valence-electron chi connectivity index (χ3n) is 3.18. The van der Waals surface area contributed by atoms with Crippen molar-refractivity contribution in [2.75, 3.05) is 0 Å². The van der Waals surface area contributed by atoms with Crippen LogP contribution in [0.15, 0.2) is 32.6 Å². The van der Waals surface area contributed by atoms with E-state index in [2.05, 4.69) is 55.8 Å². The van der Waals surface area contributed by atoms with Crippen molar-refractivity contribution in [3.63, 3.8) is 0 Å². The predicted molar refractivity (Wildman–Crippen MR) is 111 cm³/mol. The standard InChI is InChI=1S/C13H12N8OS4.ClH.2Cu/c1-6-2-7(4-14-20-10(23)16-17-11(20)24)9(22)8(3-6)5-15-21-12(25)18-19-13(21)26;;;/h2-5,22H,1H3,(H,16,23)(H,17,24)(H,18,25)(H,19,26);1H;;/q;;+1;+2/p-3/b14-4+,15-5+;;;. The summed E-state index contributed by atoms with van der Waals surface area (Å²) in [5.74, 6) is -0.0232. The zero-order chi connectivity index (χ0) is 20.8. The monoisotopic (exact) mass is 583 g/mol. The van der Waals surface area contributed by atoms with Gasteiger partial charge in [-0.15, -0.1) is 0 Å². The second-order valence-corrected chi connectivity index (χ2v) is 6.53. The zero-order valence-corrected chi connectivity index (χ0v) is 20.0. The number of phenols is 1. The van der Waals surface area contributed by atoms with Gasteiger partial charge in [-0.1, -0.05) is 0 Å². The van der Waals surface area contributed by atoms with E-state index in [0.717, 1.165) is 5.56 Å². The second-order valence-electron chi connectivity index (χ2n) is 5.03. The number of phenolic OH excluding ortho intramolecular Hbond substituents is 1. The first kappa shape index (κ1) is 25.9. The molecule has 3 aromatic rings. The molecule has 0 saturated carbocycles. The molecule has 9 nitrogen and oxygen atoms in total. The molecule has 0 atom stereocenters. The maximum absolute atomic E-state index is 10.5. The zero-order valence-electron chi connectivity index (χ0n) is 14.1. The quantitative estimate of drug-likeness (QED) is 0.187. The van der Waals surface area contributed by atoms with E-state index in [9.17, 15) is 5.11 Å². The Morgan fingerprint density at radius 1 is 1.03 bits per heavy atom. The Morgan fingerprint density at radius 2 is 1.41 bits per heavy atom. The van der Waals surface area contributed by atoms with Gasteiger partial charge in [0.25, 0.3) is 0 Å². The normalized spacial score (nSPS) is 10.8. The van der Waals surface area contributed by atoms with Crippen LogP contribution in [0.1, 0.15) is 16.7 Å². The van der Waals surface area contributed by atoms with Crippen LogP contribution < -0.4 is 0 Å². The van der Waals surface area contributed by atoms with Gasteiger partial charge in [0.05, 0.1) is 12.4 Å². The second kappa shape index (κ2) is 11.9. The molecule has 0 bridgehead atoms. The number of hydrogen-bond donors (Lipinski definition) is 3. The van der Waals surface area contributed by atoms with Crippen molar-refractivity contribution in [3.05, 3.63) is 38.4 Å². The number of aryl methyl sites for hydroxylation is 1. The number of halogens is 1. The van der Waals surface area contributed by atoms with E-state index in [4.69, 9.17) is 49.7 Å². The van der Waals surface area contributed by atoms with Gasteiger partial charge in [0.1, 0.15) is 5.75 Å². The predicted octanol–water partition coefficient (Wildman–Crippen LogP) is 2.47. The fourth-order valence-electron chi connectivity index (χ4n) is 2.03. The first-order chi connectivity index (χ1) is 13.4. The molecule has 0 aliphatic carbocycles. The molecule has 2 aromatic heterocycles. The Morgan fingerprint density at radius 3 is 1.72 bits per heavy atom. The molecular formula is C13H10ClCu2N8OS4. The van der Waals surface area contributed by atoms with Crippen LogP contribution >= 0.6 is 34.5 Å². The van der Waals surface area contributed by atoms with Crippen molar-refractivity contribution in [1.29, 1.82) is 0 Å². The smallest absolute Gasteiger partial charge is 1.00 e. The van der Waals surface area contributed by atoms with Crippen LogP contribution in [0.5, 0.6) is 5.75 Å². The van der Waals surface area contributed by atoms with Gasteiger partial charge in [0.2, 0.25) is 9.54 Å². The van der Waals surface area contributed by atoms with Crippen LogP contribution in [0.2, 0.25) is 0 Å². The minimum absolute atomic E-state index is 0. The number of nitrogens with one attached hydrogen (secondary N) is 2. The minimum Gasteiger partial charge on any atom is 1.00 e. The molecular weight excluding hydrogens is 575 g/mol. The van der Waals surface area contributed by atoms with E-state index in [1.807, 2.05) is 6.92 Å². The van der Waals surface area contributed by atoms with Crippen LogP contribution in [-0.2, 0) is 57.4 Å². The number of H-pyrrole nitrogens is 2. The van der Waals surface area contributed by atoms with Gasteiger partial charge >= 0.3 is 42.3 Å². The summed E-state index contributed by atoms with van der Waals surface area (Å²) in [6, 6.07) is 3.51. The van der Waals surface area contributed by atoms with E-state index in [1.165, 1.54) is 21.8 Å². The minimum atomic E-state index is -0.0232. The number of aromatic amines is 2. The van der Waals surface area contributed by atoms with E-state index in [-0.39, 0.29) is 42.7 Å². The maximum atomic E-state index is 10.5. The molecule has 0 spiro atoms. The largest absolute Gasteiger partial charge is 1.00 e. The first-order valence-electron chi connectivity index (χ1n) is 7.09. The molecule has 0 aliphatic heterocycles. The van der Waals surface area contributed by atoms with Crippen LogP contribution in [0, 0.1) is 16.5 Å². The van der Waals surface area contributed by atoms with Gasteiger partial charge in [-0.3, -0.25) is 10.2 Å². The number of nitrogens with zero attached hydrogens (tertiary/aromatic N) is 6. The molecule has 2 heterocycles. The maximum Gasteiger partial charge on any atom is 1.00 e. The van der Waals surface area contributed by atoms with Gasteiger partial charge in [-0.05, 0) is 49.1 Å². The average Bonchev–Trinajstić information content (AvgIpc) is 3.17. The molecule has 0 saturated heterocycles. The average molecular weight is 585 g/mol. The van der Waals surface area contributed by atoms with Gasteiger partial charge in [0.15, 0.2) is 0 Å². The first-order valence-corrected chi connectivity index (χ1v) is 10.0. The molecule has 3 N–H and O–H groups in total. The van der Waals surface area contributed by atoms with Crippen molar-refractivity contribution in [1.82, 2.24) is 29.7 Å². The van der Waals surface area contributed by atoms with Crippen LogP contribution in [0.4, 0.5) is 0 Å². The fraction of sp³-hybridized carbons (Fsp3) is 0.0769. The van der Waals surface area contributed by atoms with E-state index in [0.29, 0.717) is 11.1 Å². The Bertz CT molecular complexity index is 1070. The van der Waals surface area contributed by atoms with Crippen molar-refractivity contribution in [2.45, 2.75) is 17.2 Å². The Hall–Kier alpha value is -1.15. The summed E-state index contributed by atoms with van der Waals surface area (Å²) in [5.41, 5.74) is 1.80. The number of rotatable bonds is 4. The fourth-order valence-corrected chi connectivity index (χ4v) is 2.87. The summed E-state index contributed by atoms with van der Waals surface area (Å²) in [6.45, 7) is 1.87. The van der Waals surface area contributed by atoms with Gasteiger partial charge in [0, 0.05) is 21.4 Å². The Labute approximate surface area is 209 Å². The Kier molecular flexibility index (Phi) is 10.6. The molecule has 16 heteroatoms. The molecule has 29 heavy (non-hydrogen) atoms. The van der Waals surface area contributed by atoms with E-state index >= 15 is 0 Å². The van der Waals surface area contributed by atoms with Crippen LogP contribution in [0.25, 0.3) is 0 Å². The molecule has 0 amide bonds. The van der Waals surface area contributed by atoms with Crippen molar-refractivity contribution in [2.24, 2.45) is 10.2 Å². The summed E-state index contributed by atoms with van der Waals surface area (Å²) >= 11 is 23.7. The van der Waals surface area contributed by atoms with Gasteiger partial charge < -0.3 is 30.4 Å². The van der Waals surface area contributed by atoms with Gasteiger partial charge in [-0.2, -0.15) is 20.4 Å². The number of benzene rings is 1. The van der Waals surface area contributed by atoms with Crippen LogP contribution in [0.3, 0.4) is 0 Å². The summed E-state index contributed by atoms with van der Waals surface area (Å²) < 4.78 is 3.06. The summed E-state index contributed by atoms with van der Waals surface area (Å²) in [7, 11) is 4.20. The third kappa shape index (κ3) is 6.41. The topological polar surface area (TPSA) is 112 Å². The molecule has 1 aromatic carbocycles. The van der Waals surface area contributed by atoms with Crippen molar-refractivity contribution in [3.8, 4) is 5.75 Å².